The monoisotopic (exact) mass is 470 g/mol. The quantitative estimate of drug-likeness (QED) is 0.440. The third kappa shape index (κ3) is 2.87. The Morgan fingerprint density at radius 3 is 2.38 bits per heavy atom. The number of carbonyl (C=O) groups excluding carboxylic acids is 1. The zero-order valence-corrected chi connectivity index (χ0v) is 22.1. The number of hydrogen-bond donors (Lipinski definition) is 2. The van der Waals surface area contributed by atoms with Gasteiger partial charge in [-0.3, -0.25) is 4.79 Å². The topological polar surface area (TPSA) is 74.6 Å². The Labute approximate surface area is 206 Å². The fraction of sp³-hybridized carbons (Fsp3) is 0.867. The van der Waals surface area contributed by atoms with Gasteiger partial charge in [0.05, 0.1) is 12.0 Å². The first-order valence-electron chi connectivity index (χ1n) is 14.0. The van der Waals surface area contributed by atoms with Crippen LogP contribution in [0.2, 0.25) is 0 Å². The first-order chi connectivity index (χ1) is 15.9. The standard InChI is InChI=1S/C30H46O4/c1-19(7-6-8-20(2)25(33)34)21-11-13-28(5)23-10-9-22-26(3,18-31)24(32)12-14-29(22)17-30(23,29)16-15-27(21,28)4/h8,19,21-23,31H,6-7,9-18H2,1-5H3,(H,33,34)/b20-8-. The van der Waals surface area contributed by atoms with Gasteiger partial charge in [0.2, 0.25) is 0 Å². The molecule has 4 nitrogen and oxygen atoms in total. The molecule has 9 atom stereocenters. The van der Waals surface area contributed by atoms with Crippen molar-refractivity contribution in [3.8, 4) is 0 Å². The average molecular weight is 471 g/mol. The van der Waals surface area contributed by atoms with Gasteiger partial charge in [-0.25, -0.2) is 4.79 Å². The Hall–Kier alpha value is -1.16. The molecule has 0 aromatic heterocycles. The summed E-state index contributed by atoms with van der Waals surface area (Å²) in [6, 6.07) is 0. The van der Waals surface area contributed by atoms with E-state index in [1.807, 2.05) is 6.08 Å². The van der Waals surface area contributed by atoms with Crippen molar-refractivity contribution in [3.63, 3.8) is 0 Å². The molecule has 2 N–H and O–H groups in total. The number of carboxylic acids is 1. The van der Waals surface area contributed by atoms with Crippen LogP contribution in [0.4, 0.5) is 0 Å². The number of ketones is 1. The minimum Gasteiger partial charge on any atom is -0.478 e. The van der Waals surface area contributed by atoms with E-state index in [0.717, 1.165) is 31.6 Å². The predicted octanol–water partition coefficient (Wildman–Crippen LogP) is 6.41. The van der Waals surface area contributed by atoms with E-state index in [0.29, 0.717) is 57.2 Å². The Morgan fingerprint density at radius 1 is 1.03 bits per heavy atom. The van der Waals surface area contributed by atoms with Gasteiger partial charge in [-0.1, -0.05) is 33.8 Å². The minimum atomic E-state index is -0.804. The summed E-state index contributed by atoms with van der Waals surface area (Å²) < 4.78 is 0. The fourth-order valence-corrected chi connectivity index (χ4v) is 11.0. The van der Waals surface area contributed by atoms with Crippen LogP contribution in [0.1, 0.15) is 105 Å². The molecule has 5 fully saturated rings. The number of aliphatic hydroxyl groups excluding tert-OH is 1. The SMILES string of the molecule is C/C(=C/CCC(C)C1CCC2(C)C3CCC4C(C)(CO)C(=O)CCC45CC35CCC12C)C(=O)O. The Kier molecular flexibility index (Phi) is 5.53. The van der Waals surface area contributed by atoms with E-state index < -0.39 is 11.4 Å². The van der Waals surface area contributed by atoms with E-state index in [9.17, 15) is 19.8 Å². The van der Waals surface area contributed by atoms with Gasteiger partial charge in [0.25, 0.3) is 0 Å². The van der Waals surface area contributed by atoms with E-state index in [2.05, 4.69) is 27.7 Å². The molecule has 0 aromatic rings. The molecule has 4 heteroatoms. The van der Waals surface area contributed by atoms with E-state index in [1.165, 1.54) is 38.5 Å². The second kappa shape index (κ2) is 7.67. The Balaban J connectivity index is 1.38. The number of fused-ring (bicyclic) bond motifs is 2. The number of rotatable bonds is 6. The summed E-state index contributed by atoms with van der Waals surface area (Å²) in [5, 5.41) is 19.5. The molecule has 0 radical (unpaired) electrons. The number of Topliss-reactive ketones (excluding diaryl/α,β-unsaturated/α-hetero) is 1. The number of allylic oxidation sites excluding steroid dienone is 1. The van der Waals surface area contributed by atoms with Crippen LogP contribution in [0.25, 0.3) is 0 Å². The van der Waals surface area contributed by atoms with Gasteiger partial charge in [0.15, 0.2) is 0 Å². The molecule has 190 valence electrons. The molecule has 0 saturated heterocycles. The summed E-state index contributed by atoms with van der Waals surface area (Å²) in [7, 11) is 0. The zero-order chi connectivity index (χ0) is 24.7. The smallest absolute Gasteiger partial charge is 0.330 e. The molecule has 5 rings (SSSR count). The molecule has 9 unspecified atom stereocenters. The lowest BCUT2D eigenvalue weighted by Crippen LogP contribution is -2.58. The molecule has 0 aromatic carbocycles. The van der Waals surface area contributed by atoms with Crippen molar-refractivity contribution in [2.24, 2.45) is 50.7 Å². The van der Waals surface area contributed by atoms with Gasteiger partial charge in [-0.05, 0) is 116 Å². The average Bonchev–Trinajstić information content (AvgIpc) is 3.38. The highest BCUT2D eigenvalue weighted by Crippen LogP contribution is 2.88. The molecule has 0 amide bonds. The van der Waals surface area contributed by atoms with E-state index in [-0.39, 0.29) is 6.61 Å². The van der Waals surface area contributed by atoms with E-state index in [4.69, 9.17) is 0 Å². The summed E-state index contributed by atoms with van der Waals surface area (Å²) in [4.78, 5) is 24.1. The zero-order valence-electron chi connectivity index (χ0n) is 22.1. The summed E-state index contributed by atoms with van der Waals surface area (Å²) in [5.74, 6) is 1.93. The van der Waals surface area contributed by atoms with E-state index >= 15 is 0 Å². The van der Waals surface area contributed by atoms with Crippen LogP contribution in [0, 0.1) is 50.7 Å². The van der Waals surface area contributed by atoms with Crippen molar-refractivity contribution < 1.29 is 19.8 Å². The van der Waals surface area contributed by atoms with Crippen molar-refractivity contribution in [3.05, 3.63) is 11.6 Å². The number of hydrogen-bond acceptors (Lipinski definition) is 3. The second-order valence-electron chi connectivity index (χ2n) is 13.9. The van der Waals surface area contributed by atoms with Gasteiger partial charge < -0.3 is 10.2 Å². The van der Waals surface area contributed by atoms with Gasteiger partial charge in [0.1, 0.15) is 5.78 Å². The number of carboxylic acid groups (broad SMARTS) is 1. The first kappa shape index (κ1) is 24.5. The van der Waals surface area contributed by atoms with Crippen molar-refractivity contribution >= 4 is 11.8 Å². The van der Waals surface area contributed by atoms with Crippen molar-refractivity contribution in [2.75, 3.05) is 6.61 Å². The minimum absolute atomic E-state index is 0.0172. The summed E-state index contributed by atoms with van der Waals surface area (Å²) in [6.45, 7) is 11.4. The molecule has 0 bridgehead atoms. The lowest BCUT2D eigenvalue weighted by atomic mass is 9.42. The predicted molar refractivity (Wildman–Crippen MR) is 133 cm³/mol. The first-order valence-corrected chi connectivity index (χ1v) is 14.0. The van der Waals surface area contributed by atoms with Gasteiger partial charge in [0, 0.05) is 12.0 Å². The molecule has 0 aliphatic heterocycles. The Bertz CT molecular complexity index is 923. The second-order valence-corrected chi connectivity index (χ2v) is 13.9. The van der Waals surface area contributed by atoms with E-state index in [1.54, 1.807) is 6.92 Å². The fourth-order valence-electron chi connectivity index (χ4n) is 11.0. The Morgan fingerprint density at radius 2 is 1.71 bits per heavy atom. The van der Waals surface area contributed by atoms with Gasteiger partial charge in [-0.15, -0.1) is 0 Å². The molecule has 5 aliphatic rings. The molecule has 34 heavy (non-hydrogen) atoms. The molecule has 0 heterocycles. The number of aliphatic hydroxyl groups is 1. The van der Waals surface area contributed by atoms with Crippen molar-refractivity contribution in [1.29, 1.82) is 0 Å². The van der Waals surface area contributed by atoms with Crippen LogP contribution >= 0.6 is 0 Å². The van der Waals surface area contributed by atoms with Gasteiger partial charge in [-0.2, -0.15) is 0 Å². The molecule has 5 aliphatic carbocycles. The highest BCUT2D eigenvalue weighted by atomic mass is 16.4. The molecular formula is C30H46O4. The third-order valence-corrected chi connectivity index (χ3v) is 13.2. The summed E-state index contributed by atoms with van der Waals surface area (Å²) in [5.41, 5.74) is 1.33. The van der Waals surface area contributed by atoms with Crippen molar-refractivity contribution in [2.45, 2.75) is 105 Å². The normalized spacial score (nSPS) is 50.6. The largest absolute Gasteiger partial charge is 0.478 e. The number of aliphatic carboxylic acids is 1. The lowest BCUT2D eigenvalue weighted by molar-refractivity contribution is -0.163. The van der Waals surface area contributed by atoms with Crippen LogP contribution in [0.15, 0.2) is 11.6 Å². The number of carbonyl (C=O) groups is 2. The molecular weight excluding hydrogens is 424 g/mol. The van der Waals surface area contributed by atoms with Crippen LogP contribution in [-0.2, 0) is 9.59 Å². The third-order valence-electron chi connectivity index (χ3n) is 13.2. The maximum Gasteiger partial charge on any atom is 0.330 e. The molecule has 2 spiro atoms. The summed E-state index contributed by atoms with van der Waals surface area (Å²) in [6.07, 6.45) is 14.4. The lowest BCUT2D eigenvalue weighted by Gasteiger charge is -2.62. The van der Waals surface area contributed by atoms with Gasteiger partial charge >= 0.3 is 5.97 Å². The van der Waals surface area contributed by atoms with Crippen LogP contribution < -0.4 is 0 Å². The maximum absolute atomic E-state index is 12.9. The van der Waals surface area contributed by atoms with Crippen LogP contribution in [0.5, 0.6) is 0 Å². The van der Waals surface area contributed by atoms with Crippen molar-refractivity contribution in [1.82, 2.24) is 0 Å². The molecule has 5 saturated carbocycles. The maximum atomic E-state index is 12.9. The highest BCUT2D eigenvalue weighted by Gasteiger charge is 2.82. The van der Waals surface area contributed by atoms with Crippen LogP contribution in [0.3, 0.4) is 0 Å². The highest BCUT2D eigenvalue weighted by molar-refractivity contribution is 5.86. The van der Waals surface area contributed by atoms with Crippen LogP contribution in [-0.4, -0.2) is 28.6 Å². The summed E-state index contributed by atoms with van der Waals surface area (Å²) >= 11 is 0.